The molecule has 3 rings (SSSR count). The van der Waals surface area contributed by atoms with E-state index in [-0.39, 0.29) is 16.4 Å². The fourth-order valence-electron chi connectivity index (χ4n) is 3.12. The van der Waals surface area contributed by atoms with E-state index in [2.05, 4.69) is 0 Å². The van der Waals surface area contributed by atoms with Gasteiger partial charge in [-0.2, -0.15) is 0 Å². The number of carbonyl (C=O) groups is 2. The smallest absolute Gasteiger partial charge is 0.338 e. The van der Waals surface area contributed by atoms with Gasteiger partial charge in [0.25, 0.3) is 5.91 Å². The van der Waals surface area contributed by atoms with Crippen molar-refractivity contribution in [3.8, 4) is 0 Å². The molecule has 0 radical (unpaired) electrons. The molecule has 0 spiro atoms. The first kappa shape index (κ1) is 24.2. The lowest BCUT2D eigenvalue weighted by Gasteiger charge is -2.23. The summed E-state index contributed by atoms with van der Waals surface area (Å²) in [5, 5.41) is 0. The summed E-state index contributed by atoms with van der Waals surface area (Å²) in [5.74, 6) is -1.03. The van der Waals surface area contributed by atoms with E-state index in [0.29, 0.717) is 13.1 Å². The minimum atomic E-state index is -3.60. The predicted octanol–water partition coefficient (Wildman–Crippen LogP) is 3.32. The largest absolute Gasteiger partial charge is 0.452 e. The first-order chi connectivity index (χ1) is 15.8. The molecule has 8 heteroatoms. The topological polar surface area (TPSA) is 84.0 Å². The Bertz CT molecular complexity index is 1140. The maximum absolute atomic E-state index is 12.9. The van der Waals surface area contributed by atoms with Crippen LogP contribution < -0.4 is 0 Å². The Morgan fingerprint density at radius 2 is 1.24 bits per heavy atom. The van der Waals surface area contributed by atoms with Crippen molar-refractivity contribution in [1.29, 1.82) is 0 Å². The lowest BCUT2D eigenvalue weighted by Crippen LogP contribution is -2.34. The normalized spacial score (nSPS) is 11.2. The van der Waals surface area contributed by atoms with Gasteiger partial charge in [0.05, 0.1) is 10.5 Å². The van der Waals surface area contributed by atoms with Crippen LogP contribution in [0.4, 0.5) is 0 Å². The van der Waals surface area contributed by atoms with E-state index in [1.54, 1.807) is 4.90 Å². The molecule has 0 saturated carbocycles. The third-order valence-electron chi connectivity index (χ3n) is 4.98. The second-order valence-corrected chi connectivity index (χ2v) is 9.76. The van der Waals surface area contributed by atoms with Crippen LogP contribution in [0.2, 0.25) is 0 Å². The molecule has 0 N–H and O–H groups in total. The van der Waals surface area contributed by atoms with Crippen molar-refractivity contribution in [3.05, 3.63) is 102 Å². The van der Waals surface area contributed by atoms with Gasteiger partial charge in [0.1, 0.15) is 0 Å². The third kappa shape index (κ3) is 6.50. The van der Waals surface area contributed by atoms with E-state index < -0.39 is 22.6 Å². The number of esters is 1. The number of ether oxygens (including phenoxy) is 1. The van der Waals surface area contributed by atoms with Crippen molar-refractivity contribution in [1.82, 2.24) is 9.21 Å². The molecule has 0 fully saturated rings. The summed E-state index contributed by atoms with van der Waals surface area (Å²) in [6.45, 7) is 0.336. The van der Waals surface area contributed by atoms with Crippen LogP contribution in [-0.2, 0) is 32.6 Å². The maximum Gasteiger partial charge on any atom is 0.338 e. The molecule has 7 nitrogen and oxygen atoms in total. The zero-order chi connectivity index (χ0) is 23.8. The van der Waals surface area contributed by atoms with Crippen LogP contribution in [-0.4, -0.2) is 50.2 Å². The monoisotopic (exact) mass is 466 g/mol. The summed E-state index contributed by atoms with van der Waals surface area (Å²) in [6.07, 6.45) is 0. The molecule has 0 aromatic heterocycles. The average molecular weight is 467 g/mol. The molecule has 0 heterocycles. The quantitative estimate of drug-likeness (QED) is 0.452. The minimum absolute atomic E-state index is 0.0667. The maximum atomic E-state index is 12.9. The summed E-state index contributed by atoms with van der Waals surface area (Å²) in [5.41, 5.74) is 2.09. The Morgan fingerprint density at radius 1 is 0.758 bits per heavy atom. The van der Waals surface area contributed by atoms with Gasteiger partial charge in [0.2, 0.25) is 10.0 Å². The van der Waals surface area contributed by atoms with Gasteiger partial charge in [0.15, 0.2) is 6.61 Å². The van der Waals surface area contributed by atoms with E-state index >= 15 is 0 Å². The van der Waals surface area contributed by atoms with Gasteiger partial charge < -0.3 is 9.64 Å². The zero-order valence-electron chi connectivity index (χ0n) is 18.5. The molecule has 3 aromatic carbocycles. The Balaban J connectivity index is 1.67. The fraction of sp³-hybridized carbons (Fsp3) is 0.200. The number of hydrogen-bond acceptors (Lipinski definition) is 5. The summed E-state index contributed by atoms with van der Waals surface area (Å²) in [7, 11) is -0.735. The highest BCUT2D eigenvalue weighted by atomic mass is 32.2. The minimum Gasteiger partial charge on any atom is -0.452 e. The van der Waals surface area contributed by atoms with Crippen LogP contribution in [0.3, 0.4) is 0 Å². The van der Waals surface area contributed by atoms with Crippen LogP contribution in [0.15, 0.2) is 89.8 Å². The second kappa shape index (κ2) is 10.9. The van der Waals surface area contributed by atoms with E-state index in [4.69, 9.17) is 4.74 Å². The van der Waals surface area contributed by atoms with E-state index in [0.717, 1.165) is 15.4 Å². The summed E-state index contributed by atoms with van der Waals surface area (Å²) in [4.78, 5) is 27.0. The van der Waals surface area contributed by atoms with Gasteiger partial charge in [-0.1, -0.05) is 60.7 Å². The van der Waals surface area contributed by atoms with Gasteiger partial charge >= 0.3 is 5.97 Å². The fourth-order valence-corrected chi connectivity index (χ4v) is 4.02. The molecule has 172 valence electrons. The molecule has 33 heavy (non-hydrogen) atoms. The number of rotatable bonds is 9. The van der Waals surface area contributed by atoms with Crippen molar-refractivity contribution in [2.75, 3.05) is 20.7 Å². The van der Waals surface area contributed by atoms with E-state index in [1.165, 1.54) is 38.4 Å². The average Bonchev–Trinajstić information content (AvgIpc) is 2.83. The SMILES string of the molecule is CN(C)S(=O)(=O)c1ccc(C(=O)OCC(=O)N(Cc2ccccc2)Cc2ccccc2)cc1. The predicted molar refractivity (Wildman–Crippen MR) is 125 cm³/mol. The molecule has 0 aliphatic carbocycles. The zero-order valence-corrected chi connectivity index (χ0v) is 19.4. The Hall–Kier alpha value is -3.49. The molecule has 1 amide bonds. The molecule has 0 aliphatic heterocycles. The van der Waals surface area contributed by atoms with Gasteiger partial charge in [-0.3, -0.25) is 4.79 Å². The molecule has 0 aliphatic rings. The first-order valence-electron chi connectivity index (χ1n) is 10.3. The van der Waals surface area contributed by atoms with Crippen LogP contribution in [0, 0.1) is 0 Å². The Labute approximate surface area is 194 Å². The number of nitrogens with zero attached hydrogens (tertiary/aromatic N) is 2. The summed E-state index contributed by atoms with van der Waals surface area (Å²) < 4.78 is 30.6. The van der Waals surface area contributed by atoms with E-state index in [1.807, 2.05) is 60.7 Å². The molecule has 0 saturated heterocycles. The van der Waals surface area contributed by atoms with Crippen molar-refractivity contribution in [2.45, 2.75) is 18.0 Å². The van der Waals surface area contributed by atoms with Gasteiger partial charge in [-0.05, 0) is 35.4 Å². The Kier molecular flexibility index (Phi) is 7.97. The molecular formula is C25H26N2O5S. The number of amides is 1. The number of carbonyl (C=O) groups excluding carboxylic acids is 2. The van der Waals surface area contributed by atoms with Crippen molar-refractivity contribution in [3.63, 3.8) is 0 Å². The van der Waals surface area contributed by atoms with Gasteiger partial charge in [0, 0.05) is 27.2 Å². The van der Waals surface area contributed by atoms with Crippen molar-refractivity contribution < 1.29 is 22.7 Å². The number of benzene rings is 3. The second-order valence-electron chi connectivity index (χ2n) is 7.61. The third-order valence-corrected chi connectivity index (χ3v) is 6.81. The highest BCUT2D eigenvalue weighted by Gasteiger charge is 2.20. The number of hydrogen-bond donors (Lipinski definition) is 0. The van der Waals surface area contributed by atoms with Crippen LogP contribution in [0.25, 0.3) is 0 Å². The molecule has 0 atom stereocenters. The van der Waals surface area contributed by atoms with Crippen molar-refractivity contribution in [2.24, 2.45) is 0 Å². The first-order valence-corrected chi connectivity index (χ1v) is 11.8. The molecular weight excluding hydrogens is 440 g/mol. The highest BCUT2D eigenvalue weighted by Crippen LogP contribution is 2.15. The lowest BCUT2D eigenvalue weighted by molar-refractivity contribution is -0.135. The molecule has 0 bridgehead atoms. The van der Waals surface area contributed by atoms with Crippen LogP contribution in [0.5, 0.6) is 0 Å². The highest BCUT2D eigenvalue weighted by molar-refractivity contribution is 7.89. The molecule has 3 aromatic rings. The number of sulfonamides is 1. The Morgan fingerprint density at radius 3 is 1.70 bits per heavy atom. The van der Waals surface area contributed by atoms with Gasteiger partial charge in [-0.25, -0.2) is 17.5 Å². The molecule has 0 unspecified atom stereocenters. The van der Waals surface area contributed by atoms with Crippen LogP contribution >= 0.6 is 0 Å². The summed E-state index contributed by atoms with van der Waals surface area (Å²) >= 11 is 0. The van der Waals surface area contributed by atoms with Crippen LogP contribution in [0.1, 0.15) is 21.5 Å². The van der Waals surface area contributed by atoms with Gasteiger partial charge in [-0.15, -0.1) is 0 Å². The summed E-state index contributed by atoms with van der Waals surface area (Å²) in [6, 6.07) is 24.6. The van der Waals surface area contributed by atoms with Crippen molar-refractivity contribution >= 4 is 21.9 Å². The van der Waals surface area contributed by atoms with E-state index in [9.17, 15) is 18.0 Å². The lowest BCUT2D eigenvalue weighted by atomic mass is 10.1. The standard InChI is InChI=1S/C25H26N2O5S/c1-26(2)33(30,31)23-15-13-22(14-16-23)25(29)32-19-24(28)27(17-20-9-5-3-6-10-20)18-21-11-7-4-8-12-21/h3-16H,17-19H2,1-2H3.